The Labute approximate surface area is 83.5 Å². The van der Waals surface area contributed by atoms with Crippen LogP contribution in [0.2, 0.25) is 0 Å². The van der Waals surface area contributed by atoms with E-state index in [0.717, 1.165) is 17.9 Å². The predicted molar refractivity (Wildman–Crippen MR) is 54.5 cm³/mol. The summed E-state index contributed by atoms with van der Waals surface area (Å²) in [7, 11) is 0. The number of rotatable bonds is 2. The second kappa shape index (κ2) is 4.03. The SMILES string of the molecule is CCc1oc(=O)[nH]c1C1CCCCC1. The molecule has 0 saturated heterocycles. The lowest BCUT2D eigenvalue weighted by atomic mass is 9.86. The average Bonchev–Trinajstić information content (AvgIpc) is 2.61. The van der Waals surface area contributed by atoms with Gasteiger partial charge in [-0.3, -0.25) is 4.98 Å². The molecule has 1 aromatic rings. The van der Waals surface area contributed by atoms with Crippen LogP contribution in [0.4, 0.5) is 0 Å². The first-order valence-corrected chi connectivity index (χ1v) is 5.53. The fraction of sp³-hybridized carbons (Fsp3) is 0.727. The lowest BCUT2D eigenvalue weighted by Crippen LogP contribution is -2.08. The van der Waals surface area contributed by atoms with E-state index < -0.39 is 0 Å². The standard InChI is InChI=1S/C11H17NO2/c1-2-9-10(12-11(13)14-9)8-6-4-3-5-7-8/h8H,2-7H2,1H3,(H,12,13). The first-order valence-electron chi connectivity index (χ1n) is 5.53. The molecule has 0 aromatic carbocycles. The largest absolute Gasteiger partial charge is 0.416 e. The van der Waals surface area contributed by atoms with Crippen molar-refractivity contribution in [2.24, 2.45) is 0 Å². The van der Waals surface area contributed by atoms with E-state index in [-0.39, 0.29) is 5.76 Å². The molecule has 3 heteroatoms. The minimum Gasteiger partial charge on any atom is -0.413 e. The van der Waals surface area contributed by atoms with Crippen molar-refractivity contribution in [3.63, 3.8) is 0 Å². The quantitative estimate of drug-likeness (QED) is 0.788. The average molecular weight is 195 g/mol. The van der Waals surface area contributed by atoms with Crippen molar-refractivity contribution in [2.75, 3.05) is 0 Å². The third kappa shape index (κ3) is 1.76. The molecule has 0 unspecified atom stereocenters. The first-order chi connectivity index (χ1) is 6.81. The Bertz CT molecular complexity index is 344. The molecule has 0 amide bonds. The molecule has 1 N–H and O–H groups in total. The first kappa shape index (κ1) is 9.56. The van der Waals surface area contributed by atoms with Crippen molar-refractivity contribution in [2.45, 2.75) is 51.4 Å². The number of aromatic amines is 1. The molecule has 0 bridgehead atoms. The van der Waals surface area contributed by atoms with Crippen molar-refractivity contribution in [3.05, 3.63) is 22.0 Å². The van der Waals surface area contributed by atoms with Gasteiger partial charge in [0.25, 0.3) is 0 Å². The van der Waals surface area contributed by atoms with E-state index in [2.05, 4.69) is 4.98 Å². The van der Waals surface area contributed by atoms with Gasteiger partial charge in [-0.25, -0.2) is 4.79 Å². The molecule has 1 saturated carbocycles. The van der Waals surface area contributed by atoms with Gasteiger partial charge in [0.2, 0.25) is 0 Å². The Morgan fingerprint density at radius 1 is 1.36 bits per heavy atom. The molecule has 3 nitrogen and oxygen atoms in total. The fourth-order valence-electron chi connectivity index (χ4n) is 2.36. The van der Waals surface area contributed by atoms with Crippen LogP contribution in [0.25, 0.3) is 0 Å². The van der Waals surface area contributed by atoms with Crippen LogP contribution in [0.1, 0.15) is 56.4 Å². The fourth-order valence-corrected chi connectivity index (χ4v) is 2.36. The van der Waals surface area contributed by atoms with Gasteiger partial charge in [0, 0.05) is 12.3 Å². The Balaban J connectivity index is 2.24. The Hall–Kier alpha value is -0.990. The molecule has 1 aliphatic rings. The van der Waals surface area contributed by atoms with Crippen molar-refractivity contribution in [1.29, 1.82) is 0 Å². The van der Waals surface area contributed by atoms with Crippen LogP contribution in [-0.2, 0) is 6.42 Å². The van der Waals surface area contributed by atoms with Crippen molar-refractivity contribution >= 4 is 0 Å². The van der Waals surface area contributed by atoms with Gasteiger partial charge in [-0.1, -0.05) is 26.2 Å². The summed E-state index contributed by atoms with van der Waals surface area (Å²) < 4.78 is 5.11. The second-order valence-corrected chi connectivity index (χ2v) is 4.04. The summed E-state index contributed by atoms with van der Waals surface area (Å²) in [6.45, 7) is 2.03. The van der Waals surface area contributed by atoms with E-state index >= 15 is 0 Å². The number of oxazole rings is 1. The maximum Gasteiger partial charge on any atom is 0.416 e. The molecule has 1 aromatic heterocycles. The lowest BCUT2D eigenvalue weighted by Gasteiger charge is -2.20. The molecule has 78 valence electrons. The summed E-state index contributed by atoms with van der Waals surface area (Å²) in [4.78, 5) is 13.9. The Morgan fingerprint density at radius 2 is 2.07 bits per heavy atom. The highest BCUT2D eigenvalue weighted by atomic mass is 16.4. The summed E-state index contributed by atoms with van der Waals surface area (Å²) in [5.41, 5.74) is 1.07. The van der Waals surface area contributed by atoms with Crippen LogP contribution in [0.5, 0.6) is 0 Å². The molecule has 0 spiro atoms. The van der Waals surface area contributed by atoms with Gasteiger partial charge >= 0.3 is 5.76 Å². The van der Waals surface area contributed by atoms with Gasteiger partial charge in [-0.05, 0) is 12.8 Å². The van der Waals surface area contributed by atoms with Crippen molar-refractivity contribution in [3.8, 4) is 0 Å². The minimum atomic E-state index is -0.289. The maximum atomic E-state index is 11.1. The maximum absolute atomic E-state index is 11.1. The Kier molecular flexibility index (Phi) is 2.75. The number of H-pyrrole nitrogens is 1. The molecule has 14 heavy (non-hydrogen) atoms. The highest BCUT2D eigenvalue weighted by Crippen LogP contribution is 2.32. The zero-order valence-corrected chi connectivity index (χ0v) is 8.64. The van der Waals surface area contributed by atoms with Crippen molar-refractivity contribution < 1.29 is 4.42 Å². The van der Waals surface area contributed by atoms with E-state index in [1.807, 2.05) is 6.92 Å². The van der Waals surface area contributed by atoms with Gasteiger partial charge in [0.1, 0.15) is 5.76 Å². The number of nitrogens with one attached hydrogen (secondary N) is 1. The molecule has 1 heterocycles. The second-order valence-electron chi connectivity index (χ2n) is 4.04. The number of hydrogen-bond acceptors (Lipinski definition) is 2. The number of aryl methyl sites for hydroxylation is 1. The van der Waals surface area contributed by atoms with E-state index in [1.165, 1.54) is 32.1 Å². The van der Waals surface area contributed by atoms with Gasteiger partial charge in [0.05, 0.1) is 5.69 Å². The Morgan fingerprint density at radius 3 is 2.71 bits per heavy atom. The number of hydrogen-bond donors (Lipinski definition) is 1. The molecule has 2 rings (SSSR count). The van der Waals surface area contributed by atoms with Crippen LogP contribution in [0.15, 0.2) is 9.21 Å². The van der Waals surface area contributed by atoms with E-state index in [9.17, 15) is 4.79 Å². The van der Waals surface area contributed by atoms with Gasteiger partial charge in [-0.15, -0.1) is 0 Å². The molecule has 1 aliphatic carbocycles. The highest BCUT2D eigenvalue weighted by Gasteiger charge is 2.21. The molecular weight excluding hydrogens is 178 g/mol. The van der Waals surface area contributed by atoms with Crippen LogP contribution >= 0.6 is 0 Å². The molecule has 1 fully saturated rings. The third-order valence-corrected chi connectivity index (χ3v) is 3.09. The summed E-state index contributed by atoms with van der Waals surface area (Å²) in [6.07, 6.45) is 7.09. The monoisotopic (exact) mass is 195 g/mol. The normalized spacial score (nSPS) is 18.6. The van der Waals surface area contributed by atoms with Crippen LogP contribution in [-0.4, -0.2) is 4.98 Å². The minimum absolute atomic E-state index is 0.289. The zero-order valence-electron chi connectivity index (χ0n) is 8.64. The zero-order chi connectivity index (χ0) is 9.97. The van der Waals surface area contributed by atoms with E-state index in [1.54, 1.807) is 0 Å². The molecular formula is C11H17NO2. The third-order valence-electron chi connectivity index (χ3n) is 3.09. The summed E-state index contributed by atoms with van der Waals surface area (Å²) >= 11 is 0. The van der Waals surface area contributed by atoms with E-state index in [4.69, 9.17) is 4.42 Å². The highest BCUT2D eigenvalue weighted by molar-refractivity contribution is 5.13. The van der Waals surface area contributed by atoms with Crippen LogP contribution < -0.4 is 5.76 Å². The predicted octanol–water partition coefficient (Wildman–Crippen LogP) is 2.58. The summed E-state index contributed by atoms with van der Waals surface area (Å²) in [6, 6.07) is 0. The smallest absolute Gasteiger partial charge is 0.413 e. The number of aromatic nitrogens is 1. The lowest BCUT2D eigenvalue weighted by molar-refractivity contribution is 0.426. The topological polar surface area (TPSA) is 46.0 Å². The van der Waals surface area contributed by atoms with Crippen LogP contribution in [0.3, 0.4) is 0 Å². The molecule has 0 atom stereocenters. The van der Waals surface area contributed by atoms with Crippen molar-refractivity contribution in [1.82, 2.24) is 4.98 Å². The van der Waals surface area contributed by atoms with Gasteiger partial charge < -0.3 is 4.42 Å². The summed E-state index contributed by atoms with van der Waals surface area (Å²) in [5.74, 6) is 1.11. The van der Waals surface area contributed by atoms with Crippen LogP contribution in [0, 0.1) is 0 Å². The molecule has 0 aliphatic heterocycles. The van der Waals surface area contributed by atoms with Gasteiger partial charge in [0.15, 0.2) is 0 Å². The van der Waals surface area contributed by atoms with Gasteiger partial charge in [-0.2, -0.15) is 0 Å². The van der Waals surface area contributed by atoms with E-state index in [0.29, 0.717) is 5.92 Å². The summed E-state index contributed by atoms with van der Waals surface area (Å²) in [5, 5.41) is 0. The molecule has 0 radical (unpaired) electrons.